The molecule has 0 aliphatic heterocycles. The molecule has 90 valence electrons. The van der Waals surface area contributed by atoms with E-state index in [0.717, 1.165) is 12.8 Å². The highest BCUT2D eigenvalue weighted by Gasteiger charge is 2.27. The molecule has 1 aliphatic carbocycles. The molecule has 0 heterocycles. The monoisotopic (exact) mass is 248 g/mol. The van der Waals surface area contributed by atoms with Crippen LogP contribution < -0.4 is 11.1 Å². The first-order valence-corrected chi connectivity index (χ1v) is 6.15. The van der Waals surface area contributed by atoms with Crippen LogP contribution >= 0.6 is 12.2 Å². The van der Waals surface area contributed by atoms with Crippen molar-refractivity contribution in [1.82, 2.24) is 5.32 Å². The number of benzene rings is 1. The third-order valence-electron chi connectivity index (χ3n) is 3.21. The molecule has 0 radical (unpaired) electrons. The molecule has 2 rings (SSSR count). The molecule has 0 bridgehead atoms. The minimum Gasteiger partial charge on any atom is -0.392 e. The van der Waals surface area contributed by atoms with Crippen molar-refractivity contribution in [1.29, 1.82) is 0 Å². The number of amides is 1. The first kappa shape index (κ1) is 12.0. The lowest BCUT2D eigenvalue weighted by atomic mass is 10.1. The summed E-state index contributed by atoms with van der Waals surface area (Å²) in [5, 5.41) is 2.85. The fourth-order valence-electron chi connectivity index (χ4n) is 2.15. The molecule has 1 amide bonds. The molecule has 1 atom stereocenters. The molecule has 0 spiro atoms. The molecule has 0 fully saturated rings. The fourth-order valence-corrected chi connectivity index (χ4v) is 2.21. The Kier molecular flexibility index (Phi) is 3.43. The number of nitrogens with two attached hydrogens (primary N) is 1. The van der Waals surface area contributed by atoms with Crippen LogP contribution in [-0.2, 0) is 17.6 Å². The predicted molar refractivity (Wildman–Crippen MR) is 71.7 cm³/mol. The Morgan fingerprint density at radius 2 is 1.94 bits per heavy atom. The maximum atomic E-state index is 12.0. The SMILES string of the molecule is CC(NC(=O)C1Cc2ccccc2C1)C(N)=S. The van der Waals surface area contributed by atoms with Crippen LogP contribution in [0.3, 0.4) is 0 Å². The topological polar surface area (TPSA) is 55.1 Å². The lowest BCUT2D eigenvalue weighted by molar-refractivity contribution is -0.124. The normalized spacial score (nSPS) is 16.3. The van der Waals surface area contributed by atoms with Crippen LogP contribution in [0.15, 0.2) is 24.3 Å². The zero-order valence-corrected chi connectivity index (χ0v) is 10.6. The average Bonchev–Trinajstić information content (AvgIpc) is 2.72. The van der Waals surface area contributed by atoms with Crippen molar-refractivity contribution >= 4 is 23.1 Å². The van der Waals surface area contributed by atoms with Crippen LogP contribution in [0.5, 0.6) is 0 Å². The number of hydrogen-bond acceptors (Lipinski definition) is 2. The fraction of sp³-hybridized carbons (Fsp3) is 0.385. The summed E-state index contributed by atoms with van der Waals surface area (Å²) in [6.07, 6.45) is 1.62. The second-order valence-electron chi connectivity index (χ2n) is 4.51. The van der Waals surface area contributed by atoms with Crippen LogP contribution in [0.1, 0.15) is 18.1 Å². The molecule has 1 unspecified atom stereocenters. The van der Waals surface area contributed by atoms with Gasteiger partial charge in [0.25, 0.3) is 0 Å². The molecule has 0 saturated heterocycles. The summed E-state index contributed by atoms with van der Waals surface area (Å²) >= 11 is 4.84. The van der Waals surface area contributed by atoms with E-state index in [1.807, 2.05) is 19.1 Å². The number of carbonyl (C=O) groups is 1. The first-order chi connectivity index (χ1) is 8.08. The van der Waals surface area contributed by atoms with Gasteiger partial charge in [-0.3, -0.25) is 4.79 Å². The zero-order chi connectivity index (χ0) is 12.4. The molecular formula is C13H16N2OS. The summed E-state index contributed by atoms with van der Waals surface area (Å²) in [5.74, 6) is 0.0608. The van der Waals surface area contributed by atoms with Gasteiger partial charge in [-0.25, -0.2) is 0 Å². The predicted octanol–water partition coefficient (Wildman–Crippen LogP) is 1.19. The smallest absolute Gasteiger partial charge is 0.224 e. The van der Waals surface area contributed by atoms with E-state index in [1.54, 1.807) is 0 Å². The Bertz CT molecular complexity index is 433. The summed E-state index contributed by atoms with van der Waals surface area (Å²) in [6, 6.07) is 7.95. The van der Waals surface area contributed by atoms with Crippen LogP contribution in [0.2, 0.25) is 0 Å². The maximum Gasteiger partial charge on any atom is 0.224 e. The van der Waals surface area contributed by atoms with Crippen molar-refractivity contribution in [2.45, 2.75) is 25.8 Å². The lowest BCUT2D eigenvalue weighted by Crippen LogP contribution is -2.44. The number of rotatable bonds is 3. The number of nitrogens with one attached hydrogen (secondary N) is 1. The van der Waals surface area contributed by atoms with Crippen LogP contribution in [0.25, 0.3) is 0 Å². The molecular weight excluding hydrogens is 232 g/mol. The van der Waals surface area contributed by atoms with E-state index in [1.165, 1.54) is 11.1 Å². The Morgan fingerprint density at radius 3 is 2.41 bits per heavy atom. The second-order valence-corrected chi connectivity index (χ2v) is 4.98. The minimum absolute atomic E-state index is 0.0178. The molecule has 0 saturated carbocycles. The minimum atomic E-state index is -0.235. The average molecular weight is 248 g/mol. The van der Waals surface area contributed by atoms with Crippen LogP contribution in [0.4, 0.5) is 0 Å². The Morgan fingerprint density at radius 1 is 1.41 bits per heavy atom. The quantitative estimate of drug-likeness (QED) is 0.790. The molecule has 1 aromatic rings. The van der Waals surface area contributed by atoms with Gasteiger partial charge in [0, 0.05) is 5.92 Å². The summed E-state index contributed by atoms with van der Waals surface area (Å²) in [5.41, 5.74) is 8.03. The van der Waals surface area contributed by atoms with Gasteiger partial charge in [-0.15, -0.1) is 0 Å². The molecule has 17 heavy (non-hydrogen) atoms. The standard InChI is InChI=1S/C13H16N2OS/c1-8(12(14)17)15-13(16)11-6-9-4-2-3-5-10(9)7-11/h2-5,8,11H,6-7H2,1H3,(H2,14,17)(H,15,16). The van der Waals surface area contributed by atoms with E-state index >= 15 is 0 Å². The highest BCUT2D eigenvalue weighted by molar-refractivity contribution is 7.80. The van der Waals surface area contributed by atoms with E-state index < -0.39 is 0 Å². The van der Waals surface area contributed by atoms with Crippen molar-refractivity contribution in [3.63, 3.8) is 0 Å². The highest BCUT2D eigenvalue weighted by atomic mass is 32.1. The van der Waals surface area contributed by atoms with Gasteiger partial charge in [0.2, 0.25) is 5.91 Å². The van der Waals surface area contributed by atoms with Crippen LogP contribution in [-0.4, -0.2) is 16.9 Å². The lowest BCUT2D eigenvalue weighted by Gasteiger charge is -2.15. The van der Waals surface area contributed by atoms with Crippen molar-refractivity contribution in [2.75, 3.05) is 0 Å². The number of fused-ring (bicyclic) bond motifs is 1. The summed E-state index contributed by atoms with van der Waals surface area (Å²) in [6.45, 7) is 1.81. The second kappa shape index (κ2) is 4.84. The maximum absolute atomic E-state index is 12.0. The van der Waals surface area contributed by atoms with Gasteiger partial charge < -0.3 is 11.1 Å². The molecule has 1 aromatic carbocycles. The Hall–Kier alpha value is -1.42. The summed E-state index contributed by atoms with van der Waals surface area (Å²) in [4.78, 5) is 12.3. The number of thiocarbonyl (C=S) groups is 1. The summed E-state index contributed by atoms with van der Waals surface area (Å²) in [7, 11) is 0. The Labute approximate surface area is 106 Å². The Balaban J connectivity index is 1.99. The number of carbonyl (C=O) groups excluding carboxylic acids is 1. The largest absolute Gasteiger partial charge is 0.392 e. The van der Waals surface area contributed by atoms with Crippen LogP contribution in [0, 0.1) is 5.92 Å². The van der Waals surface area contributed by atoms with E-state index in [-0.39, 0.29) is 17.9 Å². The zero-order valence-electron chi connectivity index (χ0n) is 9.77. The third-order valence-corrected chi connectivity index (χ3v) is 3.56. The molecule has 3 nitrogen and oxygen atoms in total. The van der Waals surface area contributed by atoms with Crippen molar-refractivity contribution in [3.8, 4) is 0 Å². The molecule has 3 N–H and O–H groups in total. The van der Waals surface area contributed by atoms with Gasteiger partial charge in [-0.05, 0) is 30.9 Å². The van der Waals surface area contributed by atoms with E-state index in [2.05, 4.69) is 17.4 Å². The van der Waals surface area contributed by atoms with Gasteiger partial charge in [-0.1, -0.05) is 36.5 Å². The van der Waals surface area contributed by atoms with E-state index in [0.29, 0.717) is 4.99 Å². The van der Waals surface area contributed by atoms with Gasteiger partial charge in [-0.2, -0.15) is 0 Å². The van der Waals surface area contributed by atoms with Crippen molar-refractivity contribution < 1.29 is 4.79 Å². The highest BCUT2D eigenvalue weighted by Crippen LogP contribution is 2.26. The van der Waals surface area contributed by atoms with Crippen molar-refractivity contribution in [2.24, 2.45) is 11.7 Å². The summed E-state index contributed by atoms with van der Waals surface area (Å²) < 4.78 is 0. The van der Waals surface area contributed by atoms with Crippen molar-refractivity contribution in [3.05, 3.63) is 35.4 Å². The van der Waals surface area contributed by atoms with Gasteiger partial charge in [0.1, 0.15) is 0 Å². The molecule has 1 aliphatic rings. The van der Waals surface area contributed by atoms with Gasteiger partial charge in [0.05, 0.1) is 11.0 Å². The van der Waals surface area contributed by atoms with E-state index in [4.69, 9.17) is 18.0 Å². The first-order valence-electron chi connectivity index (χ1n) is 5.74. The van der Waals surface area contributed by atoms with Gasteiger partial charge in [0.15, 0.2) is 0 Å². The molecule has 0 aromatic heterocycles. The van der Waals surface area contributed by atoms with E-state index in [9.17, 15) is 4.79 Å². The third kappa shape index (κ3) is 2.64. The van der Waals surface area contributed by atoms with Gasteiger partial charge >= 0.3 is 0 Å². The molecule has 4 heteroatoms. The number of hydrogen-bond donors (Lipinski definition) is 2.